The number of rotatable bonds is 4. The summed E-state index contributed by atoms with van der Waals surface area (Å²) in [5.74, 6) is -0.835. The molecule has 2 aromatic carbocycles. The van der Waals surface area contributed by atoms with E-state index in [0.717, 1.165) is 22.3 Å². The molecule has 0 spiro atoms. The van der Waals surface area contributed by atoms with E-state index in [0.29, 0.717) is 0 Å². The molecule has 0 N–H and O–H groups in total. The fourth-order valence-electron chi connectivity index (χ4n) is 4.10. The first-order valence-corrected chi connectivity index (χ1v) is 10.1. The van der Waals surface area contributed by atoms with Crippen LogP contribution in [0.15, 0.2) is 48.5 Å². The van der Waals surface area contributed by atoms with Crippen LogP contribution in [0.4, 0.5) is 4.79 Å². The highest BCUT2D eigenvalue weighted by molar-refractivity contribution is 7.80. The monoisotopic (exact) mass is 411 g/mol. The van der Waals surface area contributed by atoms with Crippen LogP contribution in [0, 0.1) is 0 Å². The van der Waals surface area contributed by atoms with Crippen molar-refractivity contribution in [3.63, 3.8) is 0 Å². The third-order valence-corrected chi connectivity index (χ3v) is 5.61. The van der Waals surface area contributed by atoms with E-state index in [-0.39, 0.29) is 43.6 Å². The maximum absolute atomic E-state index is 12.8. The number of esters is 1. The molecule has 4 rings (SSSR count). The van der Waals surface area contributed by atoms with Crippen LogP contribution < -0.4 is 0 Å². The second-order valence-electron chi connectivity index (χ2n) is 7.10. The molecule has 1 fully saturated rings. The van der Waals surface area contributed by atoms with Crippen LogP contribution in [0.25, 0.3) is 11.1 Å². The summed E-state index contributed by atoms with van der Waals surface area (Å²) >= 11 is 3.88. The predicted octanol–water partition coefficient (Wildman–Crippen LogP) is 3.40. The minimum absolute atomic E-state index is 0.0572. The lowest BCUT2D eigenvalue weighted by Gasteiger charge is -2.32. The molecule has 1 aliphatic heterocycles. The molecular weight excluding hydrogens is 390 g/mol. The number of carbonyl (C=O) groups excluding carboxylic acids is 3. The normalized spacial score (nSPS) is 18.2. The predicted molar refractivity (Wildman–Crippen MR) is 110 cm³/mol. The number of ether oxygens (including phenoxy) is 2. The van der Waals surface area contributed by atoms with Gasteiger partial charge in [0.25, 0.3) is 0 Å². The maximum atomic E-state index is 12.8. The minimum atomic E-state index is -0.962. The maximum Gasteiger partial charge on any atom is 0.411 e. The van der Waals surface area contributed by atoms with E-state index in [2.05, 4.69) is 24.8 Å². The molecule has 2 aliphatic rings. The first-order valence-electron chi connectivity index (χ1n) is 9.51. The second-order valence-corrected chi connectivity index (χ2v) is 7.36. The van der Waals surface area contributed by atoms with E-state index in [1.165, 1.54) is 4.90 Å². The fourth-order valence-corrected chi connectivity index (χ4v) is 4.21. The number of benzene rings is 2. The van der Waals surface area contributed by atoms with Gasteiger partial charge in [-0.05, 0) is 22.3 Å². The van der Waals surface area contributed by atoms with E-state index < -0.39 is 18.1 Å². The molecular formula is C22H21NO5S. The number of nitrogens with zero attached hydrogens (tertiary/aromatic N) is 1. The third kappa shape index (κ3) is 3.74. The van der Waals surface area contributed by atoms with Crippen LogP contribution in [0.3, 0.4) is 0 Å². The number of piperidine rings is 1. The molecule has 0 aromatic heterocycles. The fraction of sp³-hybridized carbons (Fsp3) is 0.318. The van der Waals surface area contributed by atoms with Crippen molar-refractivity contribution in [3.05, 3.63) is 59.7 Å². The minimum Gasteiger partial charge on any atom is -0.463 e. The molecule has 6 nitrogen and oxygen atoms in total. The molecule has 1 heterocycles. The number of hydrogen-bond donors (Lipinski definition) is 1. The number of amides is 1. The molecule has 7 heteroatoms. The van der Waals surface area contributed by atoms with Crippen molar-refractivity contribution < 1.29 is 23.9 Å². The van der Waals surface area contributed by atoms with E-state index in [1.807, 2.05) is 36.4 Å². The first kappa shape index (κ1) is 19.5. The highest BCUT2D eigenvalue weighted by atomic mass is 32.1. The zero-order chi connectivity index (χ0) is 20.4. The number of likely N-dealkylation sites (tertiary alicyclic amines) is 1. The average Bonchev–Trinajstić information content (AvgIpc) is 3.06. The van der Waals surface area contributed by atoms with E-state index in [4.69, 9.17) is 9.47 Å². The molecule has 1 atom stereocenters. The van der Waals surface area contributed by atoms with E-state index in [1.54, 1.807) is 0 Å². The highest BCUT2D eigenvalue weighted by Crippen LogP contribution is 2.44. The zero-order valence-corrected chi connectivity index (χ0v) is 16.6. The van der Waals surface area contributed by atoms with Crippen LogP contribution in [-0.2, 0) is 19.1 Å². The Kier molecular flexibility index (Phi) is 5.58. The van der Waals surface area contributed by atoms with Crippen molar-refractivity contribution in [1.29, 1.82) is 0 Å². The van der Waals surface area contributed by atoms with Crippen LogP contribution >= 0.6 is 12.6 Å². The van der Waals surface area contributed by atoms with Gasteiger partial charge in [-0.15, -0.1) is 12.6 Å². The SMILES string of the molecule is O=C1CCN(C(=O)OCS)C(C(=O)OCC2c3ccccc3-c3ccccc32)C1. The van der Waals surface area contributed by atoms with E-state index in [9.17, 15) is 14.4 Å². The van der Waals surface area contributed by atoms with Gasteiger partial charge in [0.15, 0.2) is 0 Å². The molecule has 1 unspecified atom stereocenters. The quantitative estimate of drug-likeness (QED) is 0.474. The van der Waals surface area contributed by atoms with Crippen LogP contribution in [-0.4, -0.2) is 47.9 Å². The highest BCUT2D eigenvalue weighted by Gasteiger charge is 2.38. The zero-order valence-electron chi connectivity index (χ0n) is 15.7. The Bertz CT molecular complexity index is 914. The van der Waals surface area contributed by atoms with Gasteiger partial charge in [0.2, 0.25) is 0 Å². The summed E-state index contributed by atoms with van der Waals surface area (Å²) in [5.41, 5.74) is 4.48. The Hall–Kier alpha value is -2.80. The van der Waals surface area contributed by atoms with E-state index >= 15 is 0 Å². The summed E-state index contributed by atoms with van der Waals surface area (Å²) in [5, 5.41) is 0. The van der Waals surface area contributed by atoms with Crippen molar-refractivity contribution in [2.24, 2.45) is 0 Å². The molecule has 0 bridgehead atoms. The van der Waals surface area contributed by atoms with Crippen molar-refractivity contribution in [3.8, 4) is 11.1 Å². The smallest absolute Gasteiger partial charge is 0.411 e. The van der Waals surface area contributed by atoms with Crippen LogP contribution in [0.1, 0.15) is 29.9 Å². The van der Waals surface area contributed by atoms with Gasteiger partial charge in [0, 0.05) is 25.3 Å². The molecule has 0 radical (unpaired) electrons. The molecule has 1 aliphatic carbocycles. The summed E-state index contributed by atoms with van der Waals surface area (Å²) in [6, 6.07) is 15.1. The molecule has 29 heavy (non-hydrogen) atoms. The van der Waals surface area contributed by atoms with Gasteiger partial charge in [-0.1, -0.05) is 48.5 Å². The average molecular weight is 411 g/mol. The molecule has 1 amide bonds. The van der Waals surface area contributed by atoms with Crippen molar-refractivity contribution in [2.75, 3.05) is 19.1 Å². The second kappa shape index (κ2) is 8.29. The topological polar surface area (TPSA) is 72.9 Å². The number of thiol groups is 1. The van der Waals surface area contributed by atoms with Gasteiger partial charge in [-0.25, -0.2) is 9.59 Å². The Labute approximate surface area is 174 Å². The molecule has 1 saturated heterocycles. The molecule has 2 aromatic rings. The number of carbonyl (C=O) groups is 3. The van der Waals surface area contributed by atoms with Gasteiger partial charge in [-0.2, -0.15) is 0 Å². The Morgan fingerprint density at radius 1 is 1.00 bits per heavy atom. The van der Waals surface area contributed by atoms with Crippen molar-refractivity contribution in [2.45, 2.75) is 24.8 Å². The van der Waals surface area contributed by atoms with Gasteiger partial charge in [-0.3, -0.25) is 9.69 Å². The van der Waals surface area contributed by atoms with Gasteiger partial charge in [0.1, 0.15) is 24.4 Å². The summed E-state index contributed by atoms with van der Waals surface area (Å²) in [6.45, 7) is 0.285. The Morgan fingerprint density at radius 3 is 2.24 bits per heavy atom. The summed E-state index contributed by atoms with van der Waals surface area (Å²) < 4.78 is 10.5. The first-order chi connectivity index (χ1) is 14.1. The number of Topliss-reactive ketones (excluding diaryl/α,β-unsaturated/α-hetero) is 1. The van der Waals surface area contributed by atoms with Crippen LogP contribution in [0.5, 0.6) is 0 Å². The summed E-state index contributed by atoms with van der Waals surface area (Å²) in [6.07, 6.45) is -0.515. The number of ketones is 1. The third-order valence-electron chi connectivity index (χ3n) is 5.48. The number of hydrogen-bond acceptors (Lipinski definition) is 6. The van der Waals surface area contributed by atoms with Gasteiger partial charge >= 0.3 is 12.1 Å². The lowest BCUT2D eigenvalue weighted by molar-refractivity contribution is -0.153. The lowest BCUT2D eigenvalue weighted by atomic mass is 9.98. The summed E-state index contributed by atoms with van der Waals surface area (Å²) in [4.78, 5) is 38.1. The summed E-state index contributed by atoms with van der Waals surface area (Å²) in [7, 11) is 0. The molecule has 150 valence electrons. The number of fused-ring (bicyclic) bond motifs is 3. The van der Waals surface area contributed by atoms with Crippen molar-refractivity contribution >= 4 is 30.5 Å². The van der Waals surface area contributed by atoms with Gasteiger partial charge < -0.3 is 9.47 Å². The lowest BCUT2D eigenvalue weighted by Crippen LogP contribution is -2.51. The van der Waals surface area contributed by atoms with Crippen LogP contribution in [0.2, 0.25) is 0 Å². The van der Waals surface area contributed by atoms with Gasteiger partial charge in [0.05, 0.1) is 0 Å². The van der Waals surface area contributed by atoms with Crippen molar-refractivity contribution in [1.82, 2.24) is 4.90 Å². The largest absolute Gasteiger partial charge is 0.463 e. The Balaban J connectivity index is 1.51. The standard InChI is InChI=1S/C22H21NO5S/c24-14-9-10-23(22(26)28-13-29)20(11-14)21(25)27-12-19-17-7-3-1-5-15(17)16-6-2-4-8-18(16)19/h1-8,19-20,29H,9-13H2. The Morgan fingerprint density at radius 2 is 1.62 bits per heavy atom. The molecule has 0 saturated carbocycles.